The molecule has 25 heavy (non-hydrogen) atoms. The molecule has 0 unspecified atom stereocenters. The van der Waals surface area contributed by atoms with Crippen LogP contribution in [0, 0.1) is 0 Å². The van der Waals surface area contributed by atoms with Crippen molar-refractivity contribution in [3.8, 4) is 0 Å². The number of benzene rings is 2. The molecule has 1 aliphatic heterocycles. The Morgan fingerprint density at radius 1 is 0.960 bits per heavy atom. The summed E-state index contributed by atoms with van der Waals surface area (Å²) in [5.41, 5.74) is 6.59. The van der Waals surface area contributed by atoms with Crippen LogP contribution >= 0.6 is 0 Å². The zero-order chi connectivity index (χ0) is 18.0. The first-order valence-corrected chi connectivity index (χ1v) is 7.62. The van der Waals surface area contributed by atoms with Gasteiger partial charge in [0, 0.05) is 24.2 Å². The first-order chi connectivity index (χ1) is 12.0. The number of imide groups is 1. The molecule has 3 rings (SSSR count). The largest absolute Gasteiger partial charge is 0.366 e. The van der Waals surface area contributed by atoms with Crippen molar-refractivity contribution in [1.82, 2.24) is 4.90 Å². The lowest BCUT2D eigenvalue weighted by atomic mass is 10.1. The average Bonchev–Trinajstić information content (AvgIpc) is 2.85. The van der Waals surface area contributed by atoms with E-state index < -0.39 is 17.7 Å². The maximum atomic E-state index is 12.2. The smallest absolute Gasteiger partial charge is 0.261 e. The molecule has 7 nitrogen and oxygen atoms in total. The highest BCUT2D eigenvalue weighted by atomic mass is 16.2. The van der Waals surface area contributed by atoms with Crippen molar-refractivity contribution in [2.24, 2.45) is 5.73 Å². The van der Waals surface area contributed by atoms with E-state index in [2.05, 4.69) is 5.32 Å². The van der Waals surface area contributed by atoms with Crippen LogP contribution in [0.2, 0.25) is 0 Å². The van der Waals surface area contributed by atoms with Gasteiger partial charge < -0.3 is 11.1 Å². The van der Waals surface area contributed by atoms with Crippen LogP contribution in [-0.2, 0) is 4.79 Å². The minimum absolute atomic E-state index is 0.0201. The standard InChI is InChI=1S/C18H15N3O4/c19-16(23)11-4-3-5-12(10-11)20-15(22)8-9-21-17(24)13-6-1-2-7-14(13)18(21)25/h1-7,10H,8-9H2,(H2,19,23)(H,20,22). The van der Waals surface area contributed by atoms with E-state index in [-0.39, 0.29) is 24.4 Å². The van der Waals surface area contributed by atoms with Crippen LogP contribution in [0.15, 0.2) is 48.5 Å². The third-order valence-electron chi connectivity index (χ3n) is 3.87. The third-order valence-corrected chi connectivity index (χ3v) is 3.87. The van der Waals surface area contributed by atoms with E-state index in [0.29, 0.717) is 16.8 Å². The zero-order valence-corrected chi connectivity index (χ0v) is 13.2. The predicted octanol–water partition coefficient (Wildman–Crippen LogP) is 1.41. The van der Waals surface area contributed by atoms with E-state index in [4.69, 9.17) is 5.73 Å². The molecule has 1 aliphatic rings. The van der Waals surface area contributed by atoms with Crippen LogP contribution < -0.4 is 11.1 Å². The highest BCUT2D eigenvalue weighted by Gasteiger charge is 2.34. The number of nitrogens with zero attached hydrogens (tertiary/aromatic N) is 1. The van der Waals surface area contributed by atoms with E-state index in [0.717, 1.165) is 4.90 Å². The van der Waals surface area contributed by atoms with Gasteiger partial charge in [-0.25, -0.2) is 0 Å². The maximum absolute atomic E-state index is 12.2. The van der Waals surface area contributed by atoms with Crippen molar-refractivity contribution in [2.45, 2.75) is 6.42 Å². The van der Waals surface area contributed by atoms with Gasteiger partial charge in [0.25, 0.3) is 11.8 Å². The van der Waals surface area contributed by atoms with Crippen molar-refractivity contribution in [3.05, 3.63) is 65.2 Å². The quantitative estimate of drug-likeness (QED) is 0.804. The Labute approximate surface area is 143 Å². The number of fused-ring (bicyclic) bond motifs is 1. The Bertz CT molecular complexity index is 856. The molecular weight excluding hydrogens is 322 g/mol. The summed E-state index contributed by atoms with van der Waals surface area (Å²) >= 11 is 0. The van der Waals surface area contributed by atoms with Gasteiger partial charge in [0.2, 0.25) is 11.8 Å². The SMILES string of the molecule is NC(=O)c1cccc(NC(=O)CCN2C(=O)c3ccccc3C2=O)c1. The summed E-state index contributed by atoms with van der Waals surface area (Å²) in [5.74, 6) is -1.77. The summed E-state index contributed by atoms with van der Waals surface area (Å²) < 4.78 is 0. The van der Waals surface area contributed by atoms with Crippen molar-refractivity contribution in [3.63, 3.8) is 0 Å². The number of carbonyl (C=O) groups excluding carboxylic acids is 4. The van der Waals surface area contributed by atoms with Crippen molar-refractivity contribution in [1.29, 1.82) is 0 Å². The van der Waals surface area contributed by atoms with Crippen LogP contribution in [-0.4, -0.2) is 35.1 Å². The Hall–Kier alpha value is -3.48. The molecular formula is C18H15N3O4. The van der Waals surface area contributed by atoms with Crippen LogP contribution in [0.5, 0.6) is 0 Å². The number of amides is 4. The Balaban J connectivity index is 1.62. The minimum Gasteiger partial charge on any atom is -0.366 e. The van der Waals surface area contributed by atoms with Gasteiger partial charge in [-0.2, -0.15) is 0 Å². The fourth-order valence-electron chi connectivity index (χ4n) is 2.63. The van der Waals surface area contributed by atoms with Crippen molar-refractivity contribution in [2.75, 3.05) is 11.9 Å². The summed E-state index contributed by atoms with van der Waals surface area (Å²) in [6, 6.07) is 12.8. The maximum Gasteiger partial charge on any atom is 0.261 e. The van der Waals surface area contributed by atoms with E-state index in [1.807, 2.05) is 0 Å². The molecule has 0 atom stereocenters. The molecule has 126 valence electrons. The number of hydrogen-bond donors (Lipinski definition) is 2. The fourth-order valence-corrected chi connectivity index (χ4v) is 2.63. The lowest BCUT2D eigenvalue weighted by Gasteiger charge is -2.13. The monoisotopic (exact) mass is 337 g/mol. The summed E-state index contributed by atoms with van der Waals surface area (Å²) in [5, 5.41) is 2.62. The molecule has 1 heterocycles. The molecule has 0 aliphatic carbocycles. The molecule has 0 bridgehead atoms. The van der Waals surface area contributed by atoms with Gasteiger partial charge in [-0.3, -0.25) is 24.1 Å². The molecule has 4 amide bonds. The van der Waals surface area contributed by atoms with Gasteiger partial charge in [-0.1, -0.05) is 18.2 Å². The summed E-state index contributed by atoms with van der Waals surface area (Å²) in [6.07, 6.45) is -0.0493. The van der Waals surface area contributed by atoms with E-state index in [1.165, 1.54) is 12.1 Å². The van der Waals surface area contributed by atoms with Gasteiger partial charge in [-0.15, -0.1) is 0 Å². The Morgan fingerprint density at radius 2 is 1.60 bits per heavy atom. The van der Waals surface area contributed by atoms with Crippen molar-refractivity contribution < 1.29 is 19.2 Å². The predicted molar refractivity (Wildman–Crippen MR) is 90.0 cm³/mol. The molecule has 0 aromatic heterocycles. The van der Waals surface area contributed by atoms with Gasteiger partial charge in [0.05, 0.1) is 11.1 Å². The summed E-state index contributed by atoms with van der Waals surface area (Å²) in [7, 11) is 0. The Morgan fingerprint density at radius 3 is 2.20 bits per heavy atom. The lowest BCUT2D eigenvalue weighted by Crippen LogP contribution is -2.32. The molecule has 0 saturated carbocycles. The Kier molecular flexibility index (Phi) is 4.30. The summed E-state index contributed by atoms with van der Waals surface area (Å²) in [6.45, 7) is -0.0201. The molecule has 3 N–H and O–H groups in total. The first kappa shape index (κ1) is 16.4. The van der Waals surface area contributed by atoms with E-state index in [9.17, 15) is 19.2 Å². The molecule has 0 fully saturated rings. The number of nitrogens with two attached hydrogens (primary N) is 1. The number of primary amides is 1. The normalized spacial score (nSPS) is 12.9. The second-order valence-electron chi connectivity index (χ2n) is 5.55. The minimum atomic E-state index is -0.595. The van der Waals surface area contributed by atoms with Gasteiger partial charge in [0.15, 0.2) is 0 Å². The van der Waals surface area contributed by atoms with Gasteiger partial charge in [-0.05, 0) is 30.3 Å². The zero-order valence-electron chi connectivity index (χ0n) is 13.2. The second-order valence-corrected chi connectivity index (χ2v) is 5.55. The lowest BCUT2D eigenvalue weighted by molar-refractivity contribution is -0.116. The fraction of sp³-hybridized carbons (Fsp3) is 0.111. The number of carbonyl (C=O) groups is 4. The van der Waals surface area contributed by atoms with Gasteiger partial charge >= 0.3 is 0 Å². The number of hydrogen-bond acceptors (Lipinski definition) is 4. The molecule has 2 aromatic carbocycles. The van der Waals surface area contributed by atoms with Gasteiger partial charge in [0.1, 0.15) is 0 Å². The highest BCUT2D eigenvalue weighted by Crippen LogP contribution is 2.22. The highest BCUT2D eigenvalue weighted by molar-refractivity contribution is 6.21. The van der Waals surface area contributed by atoms with E-state index >= 15 is 0 Å². The topological polar surface area (TPSA) is 110 Å². The summed E-state index contributed by atoms with van der Waals surface area (Å²) in [4.78, 5) is 48.7. The van der Waals surface area contributed by atoms with Crippen LogP contribution in [0.3, 0.4) is 0 Å². The average molecular weight is 337 g/mol. The third kappa shape index (κ3) is 3.25. The van der Waals surface area contributed by atoms with Crippen molar-refractivity contribution >= 4 is 29.3 Å². The number of rotatable bonds is 5. The second kappa shape index (κ2) is 6.56. The van der Waals surface area contributed by atoms with Crippen LogP contribution in [0.25, 0.3) is 0 Å². The first-order valence-electron chi connectivity index (χ1n) is 7.62. The molecule has 0 radical (unpaired) electrons. The van der Waals surface area contributed by atoms with E-state index in [1.54, 1.807) is 36.4 Å². The molecule has 0 spiro atoms. The number of nitrogens with one attached hydrogen (secondary N) is 1. The molecule has 7 heteroatoms. The molecule has 2 aromatic rings. The molecule has 0 saturated heterocycles. The number of anilines is 1. The van der Waals surface area contributed by atoms with Crippen LogP contribution in [0.4, 0.5) is 5.69 Å². The van der Waals surface area contributed by atoms with Crippen LogP contribution in [0.1, 0.15) is 37.5 Å².